The van der Waals surface area contributed by atoms with E-state index in [1.807, 2.05) is 30.5 Å². The maximum Gasteiger partial charge on any atom is 0.259 e. The van der Waals surface area contributed by atoms with Crippen molar-refractivity contribution in [3.63, 3.8) is 0 Å². The second kappa shape index (κ2) is 14.2. The maximum absolute atomic E-state index is 13.8. The Morgan fingerprint density at radius 3 is 2.69 bits per heavy atom. The van der Waals surface area contributed by atoms with E-state index in [4.69, 9.17) is 14.5 Å². The van der Waals surface area contributed by atoms with Gasteiger partial charge in [0.15, 0.2) is 5.82 Å². The zero-order chi connectivity index (χ0) is 34.8. The Morgan fingerprint density at radius 2 is 1.96 bits per heavy atom. The summed E-state index contributed by atoms with van der Waals surface area (Å²) >= 11 is 0. The number of ether oxygens (including phenoxy) is 2. The van der Waals surface area contributed by atoms with Crippen LogP contribution in [0.1, 0.15) is 83.2 Å². The van der Waals surface area contributed by atoms with Crippen LogP contribution in [0.3, 0.4) is 0 Å². The van der Waals surface area contributed by atoms with Crippen molar-refractivity contribution in [2.45, 2.75) is 94.4 Å². The number of carbonyl (C=O) groups excluding carboxylic acids is 3. The van der Waals surface area contributed by atoms with Gasteiger partial charge in [-0.2, -0.15) is 5.10 Å². The second-order valence-electron chi connectivity index (χ2n) is 13.4. The van der Waals surface area contributed by atoms with Crippen molar-refractivity contribution in [2.24, 2.45) is 5.92 Å². The first kappa shape index (κ1) is 34.4. The first-order chi connectivity index (χ1) is 23.5. The molecule has 3 aromatic rings. The van der Waals surface area contributed by atoms with Crippen LogP contribution in [0.4, 0.5) is 0 Å². The Hall–Kier alpha value is -4.46. The Bertz CT molecular complexity index is 1870. The van der Waals surface area contributed by atoms with Crippen LogP contribution >= 0.6 is 0 Å². The standard InChI is InChI=1S/C35H44N6O7S/c1-22(2)27-15-17-41(39-27)31-20-30(26-14-11-24(47-3)19-29(26)36-31)48-18-16-28-33(43)38-35(34(44)40-49(45,46)25-12-13-25)21-23(35)9-7-5-4-6-8-10-32(42)37-28/h7,9,11,14-15,17,19-20,22-23,25,28H,4-6,8,10,12-13,16,18,21H2,1-3H3,(H,37,42)(H,38,43)(H,40,44)/t23-,28+,35-/m1/s1. The molecule has 1 aliphatic heterocycles. The number of carbonyl (C=O) groups is 3. The van der Waals surface area contributed by atoms with Gasteiger partial charge in [0.05, 0.1) is 30.2 Å². The van der Waals surface area contributed by atoms with Crippen molar-refractivity contribution in [1.82, 2.24) is 30.1 Å². The summed E-state index contributed by atoms with van der Waals surface area (Å²) in [5.74, 6) is -0.0705. The van der Waals surface area contributed by atoms with Gasteiger partial charge < -0.3 is 20.1 Å². The highest BCUT2D eigenvalue weighted by Crippen LogP contribution is 2.46. The quantitative estimate of drug-likeness (QED) is 0.268. The number of benzene rings is 1. The lowest BCUT2D eigenvalue weighted by Crippen LogP contribution is -2.57. The number of nitrogens with zero attached hydrogens (tertiary/aromatic N) is 3. The summed E-state index contributed by atoms with van der Waals surface area (Å²) in [6.45, 7) is 4.16. The summed E-state index contributed by atoms with van der Waals surface area (Å²) in [6, 6.07) is 8.14. The number of methoxy groups -OCH3 is 1. The van der Waals surface area contributed by atoms with Crippen LogP contribution < -0.4 is 24.8 Å². The third-order valence-corrected chi connectivity index (χ3v) is 11.1. The molecule has 14 heteroatoms. The average Bonchev–Trinajstić information content (AvgIpc) is 3.99. The molecule has 1 aromatic carbocycles. The summed E-state index contributed by atoms with van der Waals surface area (Å²) in [7, 11) is -2.25. The highest BCUT2D eigenvalue weighted by molar-refractivity contribution is 7.91. The molecule has 262 valence electrons. The van der Waals surface area contributed by atoms with Crippen LogP contribution in [0.15, 0.2) is 48.7 Å². The van der Waals surface area contributed by atoms with Gasteiger partial charge >= 0.3 is 0 Å². The molecule has 3 atom stereocenters. The van der Waals surface area contributed by atoms with Crippen molar-refractivity contribution in [1.29, 1.82) is 0 Å². The van der Waals surface area contributed by atoms with E-state index >= 15 is 0 Å². The van der Waals surface area contributed by atoms with Crippen LogP contribution in [0.2, 0.25) is 0 Å². The molecule has 2 aliphatic carbocycles. The fraction of sp³-hybridized carbons (Fsp3) is 0.514. The van der Waals surface area contributed by atoms with E-state index in [9.17, 15) is 22.8 Å². The van der Waals surface area contributed by atoms with E-state index in [-0.39, 0.29) is 43.6 Å². The van der Waals surface area contributed by atoms with E-state index in [2.05, 4.69) is 34.3 Å². The number of pyridine rings is 1. The largest absolute Gasteiger partial charge is 0.497 e. The van der Waals surface area contributed by atoms with E-state index < -0.39 is 38.7 Å². The van der Waals surface area contributed by atoms with Gasteiger partial charge in [-0.05, 0) is 62.6 Å². The maximum atomic E-state index is 13.8. The molecule has 3 aliphatic rings. The first-order valence-electron chi connectivity index (χ1n) is 17.0. The lowest BCUT2D eigenvalue weighted by atomic mass is 10.1. The number of sulfonamides is 1. The molecule has 3 N–H and O–H groups in total. The Labute approximate surface area is 286 Å². The predicted molar refractivity (Wildman–Crippen MR) is 183 cm³/mol. The van der Waals surface area contributed by atoms with Crippen LogP contribution in [0.5, 0.6) is 11.5 Å². The Kier molecular flexibility index (Phi) is 9.96. The van der Waals surface area contributed by atoms with Gasteiger partial charge in [-0.1, -0.05) is 32.4 Å². The van der Waals surface area contributed by atoms with Crippen LogP contribution in [0, 0.1) is 5.92 Å². The Balaban J connectivity index is 1.23. The first-order valence-corrected chi connectivity index (χ1v) is 18.6. The van der Waals surface area contributed by atoms with Crippen molar-refractivity contribution >= 4 is 38.6 Å². The van der Waals surface area contributed by atoms with E-state index in [0.29, 0.717) is 42.1 Å². The molecule has 0 radical (unpaired) electrons. The number of hydrogen-bond acceptors (Lipinski definition) is 9. The fourth-order valence-electron chi connectivity index (χ4n) is 6.08. The highest BCUT2D eigenvalue weighted by atomic mass is 32.2. The predicted octanol–water partition coefficient (Wildman–Crippen LogP) is 3.81. The molecule has 0 saturated heterocycles. The van der Waals surface area contributed by atoms with Gasteiger partial charge in [0.25, 0.3) is 5.91 Å². The van der Waals surface area contributed by atoms with Gasteiger partial charge in [-0.3, -0.25) is 19.1 Å². The zero-order valence-corrected chi connectivity index (χ0v) is 28.9. The van der Waals surface area contributed by atoms with Crippen LogP contribution in [-0.2, 0) is 24.4 Å². The summed E-state index contributed by atoms with van der Waals surface area (Å²) in [5, 5.41) is 10.5. The molecule has 0 bridgehead atoms. The minimum Gasteiger partial charge on any atom is -0.497 e. The fourth-order valence-corrected chi connectivity index (χ4v) is 7.44. The summed E-state index contributed by atoms with van der Waals surface area (Å²) in [6.07, 6.45) is 10.5. The molecule has 2 fully saturated rings. The summed E-state index contributed by atoms with van der Waals surface area (Å²) in [4.78, 5) is 45.0. The monoisotopic (exact) mass is 692 g/mol. The third kappa shape index (κ3) is 7.90. The number of amides is 3. The summed E-state index contributed by atoms with van der Waals surface area (Å²) in [5.41, 5.74) is 0.118. The second-order valence-corrected chi connectivity index (χ2v) is 15.4. The van der Waals surface area contributed by atoms with Crippen molar-refractivity contribution in [2.75, 3.05) is 13.7 Å². The number of allylic oxidation sites excluding steroid dienone is 1. The molecule has 13 nitrogen and oxygen atoms in total. The van der Waals surface area contributed by atoms with Crippen molar-refractivity contribution in [3.8, 4) is 17.3 Å². The number of nitrogens with one attached hydrogen (secondary N) is 3. The molecule has 3 heterocycles. The number of fused-ring (bicyclic) bond motifs is 2. The van der Waals surface area contributed by atoms with Gasteiger partial charge in [0.1, 0.15) is 23.1 Å². The SMILES string of the molecule is COc1ccc2c(OCC[C@@H]3NC(=O)CCCCCC=C[C@@H]4C[C@@]4(C(=O)NS(=O)(=O)C4CC4)NC3=O)cc(-n3ccc(C(C)C)n3)nc2c1. The lowest BCUT2D eigenvalue weighted by Gasteiger charge is -2.24. The molecular weight excluding hydrogens is 648 g/mol. The normalized spacial score (nSPS) is 23.3. The smallest absolute Gasteiger partial charge is 0.259 e. The number of rotatable bonds is 10. The Morgan fingerprint density at radius 1 is 1.14 bits per heavy atom. The minimum atomic E-state index is -3.83. The minimum absolute atomic E-state index is 0.0396. The highest BCUT2D eigenvalue weighted by Gasteiger charge is 2.61. The molecule has 0 unspecified atom stereocenters. The average molecular weight is 693 g/mol. The van der Waals surface area contributed by atoms with Gasteiger partial charge in [0.2, 0.25) is 21.8 Å². The van der Waals surface area contributed by atoms with Crippen molar-refractivity contribution < 1.29 is 32.3 Å². The van der Waals surface area contributed by atoms with Gasteiger partial charge in [-0.15, -0.1) is 0 Å². The van der Waals surface area contributed by atoms with Crippen molar-refractivity contribution in [3.05, 3.63) is 54.4 Å². The van der Waals surface area contributed by atoms with Gasteiger partial charge in [0, 0.05) is 42.5 Å². The molecule has 2 saturated carbocycles. The number of hydrogen-bond donors (Lipinski definition) is 3. The third-order valence-electron chi connectivity index (χ3n) is 9.32. The van der Waals surface area contributed by atoms with Crippen LogP contribution in [-0.4, -0.2) is 71.5 Å². The van der Waals surface area contributed by atoms with Gasteiger partial charge in [-0.25, -0.2) is 18.1 Å². The molecule has 3 amide bonds. The lowest BCUT2D eigenvalue weighted by molar-refractivity contribution is -0.132. The molecule has 6 rings (SSSR count). The van der Waals surface area contributed by atoms with E-state index in [0.717, 1.165) is 30.3 Å². The molecular formula is C35H44N6O7S. The molecule has 2 aromatic heterocycles. The van der Waals surface area contributed by atoms with E-state index in [1.54, 1.807) is 30.0 Å². The zero-order valence-electron chi connectivity index (χ0n) is 28.1. The molecule has 49 heavy (non-hydrogen) atoms. The number of aromatic nitrogens is 3. The van der Waals surface area contributed by atoms with Crippen LogP contribution in [0.25, 0.3) is 16.7 Å². The molecule has 0 spiro atoms. The van der Waals surface area contributed by atoms with E-state index in [1.165, 1.54) is 0 Å². The topological polar surface area (TPSA) is 171 Å². The summed E-state index contributed by atoms with van der Waals surface area (Å²) < 4.78 is 40.9.